The first-order valence-corrected chi connectivity index (χ1v) is 14.1. The zero-order valence-electron chi connectivity index (χ0n) is 23.7. The minimum atomic E-state index is -0.377. The van der Waals surface area contributed by atoms with Gasteiger partial charge in [-0.3, -0.25) is 4.79 Å². The van der Waals surface area contributed by atoms with Crippen LogP contribution in [0.1, 0.15) is 54.7 Å². The zero-order valence-corrected chi connectivity index (χ0v) is 25.3. The molecular weight excluding hydrogens is 564 g/mol. The predicted octanol–water partition coefficient (Wildman–Crippen LogP) is 7.63. The van der Waals surface area contributed by atoms with Gasteiger partial charge in [0.2, 0.25) is 0 Å². The number of hydrogen-bond acceptors (Lipinski definition) is 4. The van der Waals surface area contributed by atoms with E-state index in [0.29, 0.717) is 23.3 Å². The van der Waals surface area contributed by atoms with Crippen LogP contribution in [0.5, 0.6) is 5.75 Å². The lowest BCUT2D eigenvalue weighted by atomic mass is 9.95. The Morgan fingerprint density at radius 2 is 1.65 bits per heavy atom. The van der Waals surface area contributed by atoms with Crippen LogP contribution in [0.15, 0.2) is 87.2 Å². The second-order valence-corrected chi connectivity index (χ2v) is 12.1. The molecule has 0 aliphatic heterocycles. The summed E-state index contributed by atoms with van der Waals surface area (Å²) in [7, 11) is 0. The van der Waals surface area contributed by atoms with E-state index in [-0.39, 0.29) is 11.0 Å². The summed E-state index contributed by atoms with van der Waals surface area (Å²) >= 11 is 3.47. The van der Waals surface area contributed by atoms with Gasteiger partial charge in [-0.05, 0) is 74.9 Å². The Bertz CT molecular complexity index is 1770. The SMILES string of the molecule is Cc1ccc(COc2ccc(-n3c(C)cc(C=Nn4c(C(C)(C)C)nc5ccc(Br)cc5c4=O)c3C)cc2)cc1. The van der Waals surface area contributed by atoms with Crippen LogP contribution in [0.25, 0.3) is 16.6 Å². The molecule has 5 aromatic rings. The Kier molecular flexibility index (Phi) is 7.51. The van der Waals surface area contributed by atoms with Gasteiger partial charge < -0.3 is 9.30 Å². The van der Waals surface area contributed by atoms with Crippen molar-refractivity contribution in [3.8, 4) is 11.4 Å². The van der Waals surface area contributed by atoms with E-state index in [2.05, 4.69) is 88.8 Å². The molecule has 0 aliphatic carbocycles. The molecule has 0 aliphatic rings. The summed E-state index contributed by atoms with van der Waals surface area (Å²) in [6.07, 6.45) is 1.75. The van der Waals surface area contributed by atoms with E-state index in [1.165, 1.54) is 10.2 Å². The van der Waals surface area contributed by atoms with Crippen molar-refractivity contribution in [1.82, 2.24) is 14.2 Å². The first-order chi connectivity index (χ1) is 19.0. The summed E-state index contributed by atoms with van der Waals surface area (Å²) in [6.45, 7) is 12.8. The highest BCUT2D eigenvalue weighted by Crippen LogP contribution is 2.25. The molecule has 0 amide bonds. The van der Waals surface area contributed by atoms with Gasteiger partial charge in [-0.1, -0.05) is 66.5 Å². The van der Waals surface area contributed by atoms with Crippen LogP contribution < -0.4 is 10.3 Å². The van der Waals surface area contributed by atoms with Crippen molar-refractivity contribution in [3.63, 3.8) is 0 Å². The van der Waals surface area contributed by atoms with Crippen molar-refractivity contribution >= 4 is 33.0 Å². The normalized spacial score (nSPS) is 12.0. The number of aryl methyl sites for hydroxylation is 2. The van der Waals surface area contributed by atoms with Crippen LogP contribution in [0.4, 0.5) is 0 Å². The Balaban J connectivity index is 1.44. The molecule has 5 rings (SSSR count). The lowest BCUT2D eigenvalue weighted by molar-refractivity contribution is 0.306. The highest BCUT2D eigenvalue weighted by atomic mass is 79.9. The van der Waals surface area contributed by atoms with Gasteiger partial charge in [0.15, 0.2) is 0 Å². The highest BCUT2D eigenvalue weighted by molar-refractivity contribution is 9.10. The van der Waals surface area contributed by atoms with Gasteiger partial charge in [0, 0.05) is 32.5 Å². The standard InChI is InChI=1S/C33H33BrN4O2/c1-21-7-9-24(10-8-21)20-40-28-14-12-27(13-15-28)37-22(2)17-25(23(37)3)19-35-38-31(39)29-18-26(34)11-16-30(29)36-32(38)33(4,5)6/h7-19H,20H2,1-6H3. The quantitative estimate of drug-likeness (QED) is 0.189. The molecule has 0 fully saturated rings. The van der Waals surface area contributed by atoms with E-state index in [9.17, 15) is 4.79 Å². The van der Waals surface area contributed by atoms with Gasteiger partial charge >= 0.3 is 0 Å². The van der Waals surface area contributed by atoms with E-state index >= 15 is 0 Å². The third-order valence-electron chi connectivity index (χ3n) is 6.88. The minimum absolute atomic E-state index is 0.192. The molecule has 0 unspecified atom stereocenters. The van der Waals surface area contributed by atoms with Gasteiger partial charge in [0.1, 0.15) is 18.2 Å². The molecule has 0 radical (unpaired) electrons. The summed E-state index contributed by atoms with van der Waals surface area (Å²) in [5.74, 6) is 1.43. The average molecular weight is 598 g/mol. The van der Waals surface area contributed by atoms with E-state index in [1.54, 1.807) is 12.3 Å². The molecule has 204 valence electrons. The molecule has 0 bridgehead atoms. The van der Waals surface area contributed by atoms with Crippen molar-refractivity contribution in [1.29, 1.82) is 0 Å². The van der Waals surface area contributed by atoms with Gasteiger partial charge in [0.05, 0.1) is 17.1 Å². The highest BCUT2D eigenvalue weighted by Gasteiger charge is 2.23. The maximum absolute atomic E-state index is 13.5. The van der Waals surface area contributed by atoms with Crippen molar-refractivity contribution in [2.24, 2.45) is 5.10 Å². The molecule has 2 aromatic heterocycles. The summed E-state index contributed by atoms with van der Waals surface area (Å²) in [5.41, 5.74) is 6.51. The summed E-state index contributed by atoms with van der Waals surface area (Å²) in [6, 6.07) is 24.1. The Morgan fingerprint density at radius 3 is 2.33 bits per heavy atom. The van der Waals surface area contributed by atoms with Crippen molar-refractivity contribution in [3.05, 3.63) is 122 Å². The topological polar surface area (TPSA) is 61.4 Å². The number of ether oxygens (including phenoxy) is 1. The fourth-order valence-corrected chi connectivity index (χ4v) is 5.08. The minimum Gasteiger partial charge on any atom is -0.489 e. The lowest BCUT2D eigenvalue weighted by Gasteiger charge is -2.20. The number of rotatable bonds is 6. The van der Waals surface area contributed by atoms with E-state index in [0.717, 1.165) is 38.4 Å². The number of hydrogen-bond donors (Lipinski definition) is 0. The molecule has 2 heterocycles. The van der Waals surface area contributed by atoms with Gasteiger partial charge in [-0.25, -0.2) is 4.98 Å². The van der Waals surface area contributed by atoms with E-state index < -0.39 is 0 Å². The molecular formula is C33H33BrN4O2. The number of nitrogens with zero attached hydrogens (tertiary/aromatic N) is 4. The van der Waals surface area contributed by atoms with Crippen LogP contribution in [0, 0.1) is 20.8 Å². The first kappa shape index (κ1) is 27.6. The van der Waals surface area contributed by atoms with Crippen LogP contribution in [0.3, 0.4) is 0 Å². The van der Waals surface area contributed by atoms with Gasteiger partial charge in [0.25, 0.3) is 5.56 Å². The summed E-state index contributed by atoms with van der Waals surface area (Å²) in [5, 5.41) is 5.19. The van der Waals surface area contributed by atoms with Crippen molar-refractivity contribution < 1.29 is 4.74 Å². The van der Waals surface area contributed by atoms with Crippen LogP contribution in [-0.2, 0) is 12.0 Å². The molecule has 6 nitrogen and oxygen atoms in total. The Labute approximate surface area is 243 Å². The summed E-state index contributed by atoms with van der Waals surface area (Å²) in [4.78, 5) is 18.3. The second kappa shape index (κ2) is 10.9. The third kappa shape index (κ3) is 5.65. The molecule has 0 saturated heterocycles. The van der Waals surface area contributed by atoms with Crippen molar-refractivity contribution in [2.45, 2.75) is 53.6 Å². The number of halogens is 1. The monoisotopic (exact) mass is 596 g/mol. The molecule has 0 atom stereocenters. The number of aromatic nitrogens is 3. The second-order valence-electron chi connectivity index (χ2n) is 11.1. The third-order valence-corrected chi connectivity index (χ3v) is 7.38. The molecule has 3 aromatic carbocycles. The van der Waals surface area contributed by atoms with E-state index in [1.807, 2.05) is 45.0 Å². The van der Waals surface area contributed by atoms with Gasteiger partial charge in [-0.2, -0.15) is 9.78 Å². The zero-order chi connectivity index (χ0) is 28.6. The molecule has 40 heavy (non-hydrogen) atoms. The fourth-order valence-electron chi connectivity index (χ4n) is 4.72. The van der Waals surface area contributed by atoms with E-state index in [4.69, 9.17) is 9.72 Å². The largest absolute Gasteiger partial charge is 0.489 e. The number of benzene rings is 3. The molecule has 0 saturated carbocycles. The predicted molar refractivity (Wildman–Crippen MR) is 166 cm³/mol. The molecule has 0 spiro atoms. The van der Waals surface area contributed by atoms with Gasteiger partial charge in [-0.15, -0.1) is 0 Å². The van der Waals surface area contributed by atoms with Crippen LogP contribution >= 0.6 is 15.9 Å². The lowest BCUT2D eigenvalue weighted by Crippen LogP contribution is -2.29. The Hall–Kier alpha value is -3.97. The number of fused-ring (bicyclic) bond motifs is 1. The molecule has 7 heteroatoms. The Morgan fingerprint density at radius 1 is 0.950 bits per heavy atom. The molecule has 0 N–H and O–H groups in total. The smallest absolute Gasteiger partial charge is 0.282 e. The average Bonchev–Trinajstić information content (AvgIpc) is 3.20. The maximum Gasteiger partial charge on any atom is 0.282 e. The maximum atomic E-state index is 13.5. The van der Waals surface area contributed by atoms with Crippen LogP contribution in [-0.4, -0.2) is 20.4 Å². The van der Waals surface area contributed by atoms with Crippen molar-refractivity contribution in [2.75, 3.05) is 0 Å². The van der Waals surface area contributed by atoms with Crippen LogP contribution in [0.2, 0.25) is 0 Å². The summed E-state index contributed by atoms with van der Waals surface area (Å²) < 4.78 is 10.4. The first-order valence-electron chi connectivity index (χ1n) is 13.3. The fraction of sp³-hybridized carbons (Fsp3) is 0.242.